The molecule has 27 heavy (non-hydrogen) atoms. The first-order valence-corrected chi connectivity index (χ1v) is 9.22. The zero-order chi connectivity index (χ0) is 18.9. The second-order valence-corrected chi connectivity index (χ2v) is 6.72. The lowest BCUT2D eigenvalue weighted by molar-refractivity contribution is -0.134. The first-order valence-electron chi connectivity index (χ1n) is 9.22. The van der Waals surface area contributed by atoms with E-state index < -0.39 is 12.1 Å². The third-order valence-corrected chi connectivity index (χ3v) is 4.76. The van der Waals surface area contributed by atoms with Crippen molar-refractivity contribution >= 4 is 24.3 Å². The molecule has 0 bridgehead atoms. The minimum atomic E-state index is -0.627. The van der Waals surface area contributed by atoms with Crippen LogP contribution in [0, 0.1) is 6.92 Å². The Labute approximate surface area is 167 Å². The third kappa shape index (κ3) is 7.36. The molecule has 3 amide bonds. The topological polar surface area (TPSA) is 111 Å². The number of urea groups is 1. The molecular weight excluding hydrogens is 368 g/mol. The molecule has 1 aromatic rings. The molecule has 1 atom stereocenters. The Morgan fingerprint density at radius 2 is 1.96 bits per heavy atom. The van der Waals surface area contributed by atoms with Gasteiger partial charge in [0.1, 0.15) is 0 Å². The maximum atomic E-state index is 12.7. The molecule has 0 saturated carbocycles. The number of carbonyl (C=O) groups excluding carboxylic acids is 2. The number of nitrogens with zero attached hydrogens (tertiary/aromatic N) is 1. The van der Waals surface area contributed by atoms with Crippen LogP contribution in [-0.4, -0.2) is 49.2 Å². The minimum absolute atomic E-state index is 0. The van der Waals surface area contributed by atoms with Crippen molar-refractivity contribution in [3.63, 3.8) is 0 Å². The van der Waals surface area contributed by atoms with Gasteiger partial charge in [-0.05, 0) is 43.9 Å². The number of nitrogens with one attached hydrogen (secondary N) is 1. The Morgan fingerprint density at radius 1 is 1.30 bits per heavy atom. The largest absolute Gasteiger partial charge is 0.378 e. The van der Waals surface area contributed by atoms with Gasteiger partial charge in [-0.1, -0.05) is 24.3 Å². The molecule has 0 radical (unpaired) electrons. The number of nitrogens with two attached hydrogens (primary N) is 2. The monoisotopic (exact) mass is 398 g/mol. The van der Waals surface area contributed by atoms with Crippen molar-refractivity contribution in [2.45, 2.75) is 44.8 Å². The quantitative estimate of drug-likeness (QED) is 0.580. The summed E-state index contributed by atoms with van der Waals surface area (Å²) in [6.07, 6.45) is 2.91. The average molecular weight is 399 g/mol. The predicted molar refractivity (Wildman–Crippen MR) is 108 cm³/mol. The Hall–Kier alpha value is -1.83. The average Bonchev–Trinajstić information content (AvgIpc) is 2.62. The number of rotatable bonds is 8. The van der Waals surface area contributed by atoms with Gasteiger partial charge in [0.05, 0.1) is 18.6 Å². The van der Waals surface area contributed by atoms with Crippen molar-refractivity contribution in [2.75, 3.05) is 26.2 Å². The number of halogens is 1. The van der Waals surface area contributed by atoms with Crippen LogP contribution in [0.1, 0.15) is 42.9 Å². The summed E-state index contributed by atoms with van der Waals surface area (Å²) < 4.78 is 5.78. The summed E-state index contributed by atoms with van der Waals surface area (Å²) in [5.41, 5.74) is 12.7. The SMILES string of the molecule is Cc1ccccc1C(CC(=O)N1CCC(OCCCN)CC1)NC(N)=O.Cl. The molecule has 1 unspecified atom stereocenters. The number of hydrogen-bond donors (Lipinski definition) is 3. The van der Waals surface area contributed by atoms with E-state index in [0.717, 1.165) is 30.4 Å². The second-order valence-electron chi connectivity index (χ2n) is 6.72. The van der Waals surface area contributed by atoms with Gasteiger partial charge in [0.25, 0.3) is 0 Å². The van der Waals surface area contributed by atoms with E-state index >= 15 is 0 Å². The van der Waals surface area contributed by atoms with Crippen LogP contribution in [-0.2, 0) is 9.53 Å². The molecule has 7 nitrogen and oxygen atoms in total. The van der Waals surface area contributed by atoms with Gasteiger partial charge in [-0.3, -0.25) is 4.79 Å². The van der Waals surface area contributed by atoms with E-state index in [9.17, 15) is 9.59 Å². The Balaban J connectivity index is 0.00000364. The van der Waals surface area contributed by atoms with Crippen LogP contribution >= 0.6 is 12.4 Å². The number of benzene rings is 1. The summed E-state index contributed by atoms with van der Waals surface area (Å²) in [5.74, 6) is 0.0208. The summed E-state index contributed by atoms with van der Waals surface area (Å²) in [7, 11) is 0. The van der Waals surface area contributed by atoms with E-state index in [1.165, 1.54) is 0 Å². The number of aryl methyl sites for hydroxylation is 1. The fourth-order valence-corrected chi connectivity index (χ4v) is 3.30. The standard InChI is InChI=1S/C19H30N4O3.ClH/c1-14-5-2-3-6-16(14)17(22-19(21)25)13-18(24)23-10-7-15(8-11-23)26-12-4-9-20;/h2-3,5-6,15,17H,4,7-13,20H2,1H3,(H3,21,22,25);1H. The van der Waals surface area contributed by atoms with E-state index in [-0.39, 0.29) is 30.8 Å². The zero-order valence-electron chi connectivity index (χ0n) is 15.9. The number of ether oxygens (including phenoxy) is 1. The van der Waals surface area contributed by atoms with Gasteiger partial charge in [-0.25, -0.2) is 4.79 Å². The third-order valence-electron chi connectivity index (χ3n) is 4.76. The van der Waals surface area contributed by atoms with Crippen molar-refractivity contribution < 1.29 is 14.3 Å². The van der Waals surface area contributed by atoms with Gasteiger partial charge in [0, 0.05) is 19.7 Å². The highest BCUT2D eigenvalue weighted by Crippen LogP contribution is 2.23. The maximum Gasteiger partial charge on any atom is 0.312 e. The van der Waals surface area contributed by atoms with Gasteiger partial charge >= 0.3 is 6.03 Å². The number of hydrogen-bond acceptors (Lipinski definition) is 4. The lowest BCUT2D eigenvalue weighted by atomic mass is 9.97. The Kier molecular flexibility index (Phi) is 10.1. The molecule has 5 N–H and O–H groups in total. The summed E-state index contributed by atoms with van der Waals surface area (Å²) in [5, 5.41) is 2.70. The van der Waals surface area contributed by atoms with Crippen LogP contribution in [0.15, 0.2) is 24.3 Å². The molecule has 1 aliphatic rings. The molecule has 8 heteroatoms. The second kappa shape index (κ2) is 11.8. The van der Waals surface area contributed by atoms with Crippen molar-refractivity contribution in [1.82, 2.24) is 10.2 Å². The number of primary amides is 1. The smallest absolute Gasteiger partial charge is 0.312 e. The van der Waals surface area contributed by atoms with Crippen LogP contribution < -0.4 is 16.8 Å². The fraction of sp³-hybridized carbons (Fsp3) is 0.579. The predicted octanol–water partition coefficient (Wildman–Crippen LogP) is 1.87. The Bertz CT molecular complexity index is 606. The summed E-state index contributed by atoms with van der Waals surface area (Å²) in [4.78, 5) is 25.9. The van der Waals surface area contributed by atoms with Crippen LogP contribution in [0.4, 0.5) is 4.79 Å². The van der Waals surface area contributed by atoms with Gasteiger partial charge in [-0.2, -0.15) is 0 Å². The number of amides is 3. The summed E-state index contributed by atoms with van der Waals surface area (Å²) in [6, 6.07) is 6.66. The first kappa shape index (κ1) is 23.2. The van der Waals surface area contributed by atoms with Crippen molar-refractivity contribution in [1.29, 1.82) is 0 Å². The van der Waals surface area contributed by atoms with Gasteiger partial charge < -0.3 is 26.4 Å². The van der Waals surface area contributed by atoms with Crippen LogP contribution in [0.3, 0.4) is 0 Å². The van der Waals surface area contributed by atoms with Gasteiger partial charge in [0.15, 0.2) is 0 Å². The maximum absolute atomic E-state index is 12.7. The highest BCUT2D eigenvalue weighted by molar-refractivity contribution is 5.85. The molecule has 2 rings (SSSR count). The number of likely N-dealkylation sites (tertiary alicyclic amines) is 1. The fourth-order valence-electron chi connectivity index (χ4n) is 3.30. The summed E-state index contributed by atoms with van der Waals surface area (Å²) >= 11 is 0. The van der Waals surface area contributed by atoms with Crippen molar-refractivity contribution in [2.24, 2.45) is 11.5 Å². The molecule has 1 aromatic carbocycles. The first-order chi connectivity index (χ1) is 12.5. The number of piperidine rings is 1. The summed E-state index contributed by atoms with van der Waals surface area (Å²) in [6.45, 7) is 4.60. The van der Waals surface area contributed by atoms with E-state index in [4.69, 9.17) is 16.2 Å². The lowest BCUT2D eigenvalue weighted by Gasteiger charge is -2.33. The highest BCUT2D eigenvalue weighted by Gasteiger charge is 2.26. The van der Waals surface area contributed by atoms with E-state index in [2.05, 4.69) is 5.32 Å². The van der Waals surface area contributed by atoms with Gasteiger partial charge in [-0.15, -0.1) is 12.4 Å². The van der Waals surface area contributed by atoms with Crippen LogP contribution in [0.5, 0.6) is 0 Å². The molecule has 0 spiro atoms. The van der Waals surface area contributed by atoms with Crippen LogP contribution in [0.25, 0.3) is 0 Å². The van der Waals surface area contributed by atoms with Crippen LogP contribution in [0.2, 0.25) is 0 Å². The zero-order valence-corrected chi connectivity index (χ0v) is 16.7. The van der Waals surface area contributed by atoms with Crippen molar-refractivity contribution in [3.05, 3.63) is 35.4 Å². The molecule has 1 aliphatic heterocycles. The normalized spacial score (nSPS) is 15.7. The van der Waals surface area contributed by atoms with E-state index in [0.29, 0.717) is 26.2 Å². The lowest BCUT2D eigenvalue weighted by Crippen LogP contribution is -2.43. The Morgan fingerprint density at radius 3 is 2.56 bits per heavy atom. The number of carbonyl (C=O) groups is 2. The molecular formula is C19H31ClN4O3. The molecule has 152 valence electrons. The molecule has 0 aromatic heterocycles. The van der Waals surface area contributed by atoms with E-state index in [1.807, 2.05) is 36.1 Å². The molecule has 0 aliphatic carbocycles. The molecule has 1 saturated heterocycles. The van der Waals surface area contributed by atoms with E-state index in [1.54, 1.807) is 0 Å². The molecule has 1 heterocycles. The minimum Gasteiger partial charge on any atom is -0.378 e. The van der Waals surface area contributed by atoms with Gasteiger partial charge in [0.2, 0.25) is 5.91 Å². The molecule has 1 fully saturated rings. The van der Waals surface area contributed by atoms with Crippen molar-refractivity contribution in [3.8, 4) is 0 Å². The highest BCUT2D eigenvalue weighted by atomic mass is 35.5.